The lowest BCUT2D eigenvalue weighted by Gasteiger charge is -2.37. The molecule has 4 rings (SSSR count). The van der Waals surface area contributed by atoms with Crippen molar-refractivity contribution in [3.8, 4) is 16.2 Å². The number of halogens is 1. The lowest BCUT2D eigenvalue weighted by molar-refractivity contribution is 0.0561. The molecule has 1 fully saturated rings. The summed E-state index contributed by atoms with van der Waals surface area (Å²) in [5.41, 5.74) is 1.49. The minimum Gasteiger partial charge on any atom is -0.494 e. The molecule has 156 valence electrons. The van der Waals surface area contributed by atoms with Gasteiger partial charge in [0.15, 0.2) is 0 Å². The van der Waals surface area contributed by atoms with Crippen LogP contribution in [0.1, 0.15) is 41.2 Å². The maximum atomic E-state index is 13.5. The van der Waals surface area contributed by atoms with Crippen molar-refractivity contribution in [2.24, 2.45) is 0 Å². The van der Waals surface area contributed by atoms with Gasteiger partial charge in [-0.1, -0.05) is 0 Å². The first-order valence-corrected chi connectivity index (χ1v) is 11.0. The molecule has 2 aromatic heterocycles. The molecule has 3 aromatic rings. The monoisotopic (exact) mass is 425 g/mol. The van der Waals surface area contributed by atoms with Gasteiger partial charge in [-0.2, -0.15) is 0 Å². The fourth-order valence-electron chi connectivity index (χ4n) is 3.51. The minimum atomic E-state index is -0.285. The molecule has 0 aliphatic heterocycles. The normalized spacial score (nSPS) is 13.7. The van der Waals surface area contributed by atoms with Gasteiger partial charge in [0.2, 0.25) is 0 Å². The van der Waals surface area contributed by atoms with E-state index in [0.717, 1.165) is 34.7 Å². The molecule has 0 bridgehead atoms. The smallest absolute Gasteiger partial charge is 0.274 e. The molecule has 30 heavy (non-hydrogen) atoms. The first-order valence-electron chi connectivity index (χ1n) is 10.2. The third-order valence-corrected chi connectivity index (χ3v) is 6.30. The van der Waals surface area contributed by atoms with E-state index in [4.69, 9.17) is 4.74 Å². The van der Waals surface area contributed by atoms with Crippen LogP contribution in [0.15, 0.2) is 48.8 Å². The van der Waals surface area contributed by atoms with Crippen LogP contribution in [0, 0.1) is 12.7 Å². The van der Waals surface area contributed by atoms with E-state index in [0.29, 0.717) is 31.0 Å². The lowest BCUT2D eigenvalue weighted by Crippen LogP contribution is -2.45. The van der Waals surface area contributed by atoms with Gasteiger partial charge in [0, 0.05) is 25.0 Å². The molecule has 1 aliphatic rings. The number of hydrogen-bond acceptors (Lipinski definition) is 5. The summed E-state index contributed by atoms with van der Waals surface area (Å²) in [6, 6.07) is 10.1. The molecule has 1 aromatic carbocycles. The average molecular weight is 426 g/mol. The fraction of sp³-hybridized carbons (Fsp3) is 0.348. The third kappa shape index (κ3) is 4.67. The second-order valence-corrected chi connectivity index (χ2v) is 8.59. The Kier molecular flexibility index (Phi) is 6.38. The van der Waals surface area contributed by atoms with Crippen molar-refractivity contribution < 1.29 is 13.9 Å². The zero-order chi connectivity index (χ0) is 20.9. The Balaban J connectivity index is 1.45. The van der Waals surface area contributed by atoms with Crippen molar-refractivity contribution in [1.29, 1.82) is 0 Å². The van der Waals surface area contributed by atoms with Crippen LogP contribution < -0.4 is 4.74 Å². The molecule has 0 N–H and O–H groups in total. The molecular weight excluding hydrogens is 401 g/mol. The van der Waals surface area contributed by atoms with Gasteiger partial charge in [-0.15, -0.1) is 11.3 Å². The molecule has 2 heterocycles. The number of thiazole rings is 1. The van der Waals surface area contributed by atoms with Crippen LogP contribution in [0.2, 0.25) is 0 Å². The van der Waals surface area contributed by atoms with E-state index in [1.54, 1.807) is 24.5 Å². The molecule has 1 amide bonds. The second kappa shape index (κ2) is 9.34. The molecule has 0 unspecified atom stereocenters. The third-order valence-electron chi connectivity index (χ3n) is 5.28. The molecule has 1 saturated carbocycles. The number of ether oxygens (including phenoxy) is 1. The van der Waals surface area contributed by atoms with Gasteiger partial charge in [0.25, 0.3) is 5.91 Å². The molecule has 5 nitrogen and oxygen atoms in total. The van der Waals surface area contributed by atoms with Crippen molar-refractivity contribution >= 4 is 17.2 Å². The molecule has 0 atom stereocenters. The number of aryl methyl sites for hydroxylation is 1. The van der Waals surface area contributed by atoms with Gasteiger partial charge >= 0.3 is 0 Å². The van der Waals surface area contributed by atoms with Gasteiger partial charge in [-0.05, 0) is 74.6 Å². The highest BCUT2D eigenvalue weighted by Gasteiger charge is 2.32. The van der Waals surface area contributed by atoms with Crippen molar-refractivity contribution in [3.63, 3.8) is 0 Å². The minimum absolute atomic E-state index is 0.0161. The topological polar surface area (TPSA) is 55.3 Å². The zero-order valence-electron chi connectivity index (χ0n) is 16.9. The van der Waals surface area contributed by atoms with Crippen LogP contribution in [-0.4, -0.2) is 40.0 Å². The van der Waals surface area contributed by atoms with Gasteiger partial charge in [-0.25, -0.2) is 9.37 Å². The highest BCUT2D eigenvalue weighted by Crippen LogP contribution is 2.33. The van der Waals surface area contributed by atoms with Crippen LogP contribution >= 0.6 is 11.3 Å². The zero-order valence-corrected chi connectivity index (χ0v) is 17.7. The molecule has 7 heteroatoms. The molecule has 0 saturated heterocycles. The summed E-state index contributed by atoms with van der Waals surface area (Å²) in [7, 11) is 0. The maximum Gasteiger partial charge on any atom is 0.274 e. The molecule has 0 radical (unpaired) electrons. The number of pyridine rings is 1. The number of hydrogen-bond donors (Lipinski definition) is 0. The van der Waals surface area contributed by atoms with Gasteiger partial charge in [0.1, 0.15) is 17.3 Å². The first-order chi connectivity index (χ1) is 14.6. The summed E-state index contributed by atoms with van der Waals surface area (Å²) < 4.78 is 18.7. The van der Waals surface area contributed by atoms with Crippen molar-refractivity contribution in [1.82, 2.24) is 14.9 Å². The summed E-state index contributed by atoms with van der Waals surface area (Å²) >= 11 is 1.54. The van der Waals surface area contributed by atoms with E-state index in [9.17, 15) is 9.18 Å². The number of amides is 1. The predicted molar refractivity (Wildman–Crippen MR) is 115 cm³/mol. The van der Waals surface area contributed by atoms with E-state index >= 15 is 0 Å². The summed E-state index contributed by atoms with van der Waals surface area (Å²) in [4.78, 5) is 25.0. The maximum absolute atomic E-state index is 13.5. The Hall–Kier alpha value is -2.80. The Morgan fingerprint density at radius 1 is 1.20 bits per heavy atom. The molecule has 0 spiro atoms. The standard InChI is InChI=1S/C23H24FN3O2S/c1-16-26-21(22(30-16)17-10-12-25-13-11-17)23(28)27(19-4-2-5-19)14-3-15-29-20-8-6-18(24)7-9-20/h6-13,19H,2-5,14-15H2,1H3. The van der Waals surface area contributed by atoms with Gasteiger partial charge in [0.05, 0.1) is 16.5 Å². The number of rotatable bonds is 8. The Bertz CT molecular complexity index is 987. The van der Waals surface area contributed by atoms with Crippen LogP contribution in [-0.2, 0) is 0 Å². The van der Waals surface area contributed by atoms with Crippen LogP contribution in [0.3, 0.4) is 0 Å². The van der Waals surface area contributed by atoms with E-state index in [1.165, 1.54) is 23.5 Å². The van der Waals surface area contributed by atoms with Crippen molar-refractivity contribution in [2.45, 2.75) is 38.6 Å². The van der Waals surface area contributed by atoms with Crippen LogP contribution in [0.4, 0.5) is 4.39 Å². The second-order valence-electron chi connectivity index (χ2n) is 7.39. The van der Waals surface area contributed by atoms with Crippen LogP contribution in [0.5, 0.6) is 5.75 Å². The van der Waals surface area contributed by atoms with E-state index < -0.39 is 0 Å². The lowest BCUT2D eigenvalue weighted by atomic mass is 9.91. The predicted octanol–water partition coefficient (Wildman–Crippen LogP) is 5.12. The Morgan fingerprint density at radius 3 is 2.60 bits per heavy atom. The molecule has 1 aliphatic carbocycles. The Labute approximate surface area is 179 Å². The van der Waals surface area contributed by atoms with Crippen molar-refractivity contribution in [3.05, 3.63) is 65.3 Å². The largest absolute Gasteiger partial charge is 0.494 e. The van der Waals surface area contributed by atoms with E-state index in [1.807, 2.05) is 24.0 Å². The van der Waals surface area contributed by atoms with E-state index in [2.05, 4.69) is 9.97 Å². The number of nitrogens with zero attached hydrogens (tertiary/aromatic N) is 3. The van der Waals surface area contributed by atoms with E-state index in [-0.39, 0.29) is 17.8 Å². The number of aromatic nitrogens is 2. The van der Waals surface area contributed by atoms with Gasteiger partial charge < -0.3 is 9.64 Å². The fourth-order valence-corrected chi connectivity index (χ4v) is 4.43. The van der Waals surface area contributed by atoms with Crippen LogP contribution in [0.25, 0.3) is 10.4 Å². The molecular formula is C23H24FN3O2S. The summed E-state index contributed by atoms with van der Waals surface area (Å²) in [6.45, 7) is 3.00. The number of benzene rings is 1. The van der Waals surface area contributed by atoms with Gasteiger partial charge in [-0.3, -0.25) is 9.78 Å². The summed E-state index contributed by atoms with van der Waals surface area (Å²) in [6.07, 6.45) is 7.36. The SMILES string of the molecule is Cc1nc(C(=O)N(CCCOc2ccc(F)cc2)C2CCC2)c(-c2ccncc2)s1. The average Bonchev–Trinajstić information content (AvgIpc) is 3.12. The highest BCUT2D eigenvalue weighted by atomic mass is 32.1. The quantitative estimate of drug-likeness (QED) is 0.470. The summed E-state index contributed by atoms with van der Waals surface area (Å²) in [5.74, 6) is 0.332. The highest BCUT2D eigenvalue weighted by molar-refractivity contribution is 7.15. The first kappa shape index (κ1) is 20.5. The number of carbonyl (C=O) groups is 1. The van der Waals surface area contributed by atoms with Crippen molar-refractivity contribution in [2.75, 3.05) is 13.2 Å². The Morgan fingerprint density at radius 2 is 1.93 bits per heavy atom. The summed E-state index contributed by atoms with van der Waals surface area (Å²) in [5, 5.41) is 0.873. The number of carbonyl (C=O) groups excluding carboxylic acids is 1.